The van der Waals surface area contributed by atoms with Crippen LogP contribution in [0.3, 0.4) is 0 Å². The van der Waals surface area contributed by atoms with Crippen molar-refractivity contribution in [3.63, 3.8) is 0 Å². The van der Waals surface area contributed by atoms with Crippen LogP contribution in [0.25, 0.3) is 0 Å². The zero-order valence-electron chi connectivity index (χ0n) is 10.4. The first-order chi connectivity index (χ1) is 9.08. The molecule has 0 fully saturated rings. The summed E-state index contributed by atoms with van der Waals surface area (Å²) >= 11 is 0. The zero-order chi connectivity index (χ0) is 13.8. The number of pyridine rings is 2. The Balaban J connectivity index is 2.20. The van der Waals surface area contributed by atoms with E-state index in [1.165, 1.54) is 12.3 Å². The van der Waals surface area contributed by atoms with Gasteiger partial charge in [-0.1, -0.05) is 6.07 Å². The molecular weight excluding hydrogens is 244 g/mol. The van der Waals surface area contributed by atoms with Crippen molar-refractivity contribution in [3.05, 3.63) is 47.9 Å². The minimum absolute atomic E-state index is 0.0764. The standard InChI is InChI=1S/C13H14N4O2/c1-17(8-10-4-2-3-5-15-10)12-11(14)6-9(7-16-12)13(18)19/h2-7H,8,14H2,1H3,(H,18,19). The highest BCUT2D eigenvalue weighted by Gasteiger charge is 2.11. The summed E-state index contributed by atoms with van der Waals surface area (Å²) in [5.41, 5.74) is 7.12. The van der Waals surface area contributed by atoms with E-state index < -0.39 is 5.97 Å². The topological polar surface area (TPSA) is 92.3 Å². The maximum Gasteiger partial charge on any atom is 0.337 e. The van der Waals surface area contributed by atoms with Gasteiger partial charge in [-0.2, -0.15) is 0 Å². The second kappa shape index (κ2) is 5.34. The second-order valence-electron chi connectivity index (χ2n) is 4.12. The molecule has 0 aromatic carbocycles. The molecule has 0 aliphatic carbocycles. The van der Waals surface area contributed by atoms with E-state index in [4.69, 9.17) is 10.8 Å². The van der Waals surface area contributed by atoms with E-state index in [0.29, 0.717) is 18.1 Å². The Bertz CT molecular complexity index is 586. The van der Waals surface area contributed by atoms with Crippen LogP contribution in [0, 0.1) is 0 Å². The van der Waals surface area contributed by atoms with E-state index in [9.17, 15) is 4.79 Å². The Morgan fingerprint density at radius 1 is 1.42 bits per heavy atom. The monoisotopic (exact) mass is 258 g/mol. The number of aromatic nitrogens is 2. The summed E-state index contributed by atoms with van der Waals surface area (Å²) in [5, 5.41) is 8.85. The summed E-state index contributed by atoms with van der Waals surface area (Å²) in [6.07, 6.45) is 3.01. The second-order valence-corrected chi connectivity index (χ2v) is 4.12. The van der Waals surface area contributed by atoms with Crippen molar-refractivity contribution in [1.29, 1.82) is 0 Å². The van der Waals surface area contributed by atoms with Crippen LogP contribution in [0.1, 0.15) is 16.1 Å². The summed E-state index contributed by atoms with van der Waals surface area (Å²) in [6.45, 7) is 0.546. The summed E-state index contributed by atoms with van der Waals surface area (Å²) in [7, 11) is 1.83. The molecule has 0 aliphatic rings. The maximum atomic E-state index is 10.8. The Morgan fingerprint density at radius 3 is 2.79 bits per heavy atom. The third kappa shape index (κ3) is 2.98. The molecule has 6 nitrogen and oxygen atoms in total. The minimum Gasteiger partial charge on any atom is -0.478 e. The molecule has 0 saturated heterocycles. The van der Waals surface area contributed by atoms with Crippen LogP contribution >= 0.6 is 0 Å². The number of nitrogens with two attached hydrogens (primary N) is 1. The van der Waals surface area contributed by atoms with E-state index >= 15 is 0 Å². The van der Waals surface area contributed by atoms with Crippen molar-refractivity contribution < 1.29 is 9.90 Å². The molecule has 2 rings (SSSR count). The number of hydrogen-bond donors (Lipinski definition) is 2. The SMILES string of the molecule is CN(Cc1ccccn1)c1ncc(C(=O)O)cc1N. The molecule has 19 heavy (non-hydrogen) atoms. The van der Waals surface area contributed by atoms with Crippen molar-refractivity contribution in [3.8, 4) is 0 Å². The molecule has 2 aromatic rings. The molecule has 6 heteroatoms. The number of carboxylic acid groups (broad SMARTS) is 1. The average molecular weight is 258 g/mol. The molecule has 0 amide bonds. The summed E-state index contributed by atoms with van der Waals surface area (Å²) in [5.74, 6) is -0.506. The summed E-state index contributed by atoms with van der Waals surface area (Å²) in [4.78, 5) is 20.9. The molecule has 2 heterocycles. The number of rotatable bonds is 4. The Kier molecular flexibility index (Phi) is 3.61. The van der Waals surface area contributed by atoms with Crippen LogP contribution in [0.2, 0.25) is 0 Å². The fourth-order valence-electron chi connectivity index (χ4n) is 1.72. The van der Waals surface area contributed by atoms with Crippen molar-refractivity contribution >= 4 is 17.5 Å². The van der Waals surface area contributed by atoms with E-state index in [1.807, 2.05) is 30.1 Å². The fraction of sp³-hybridized carbons (Fsp3) is 0.154. The maximum absolute atomic E-state index is 10.8. The van der Waals surface area contributed by atoms with E-state index in [2.05, 4.69) is 9.97 Å². The van der Waals surface area contributed by atoms with Crippen molar-refractivity contribution in [2.24, 2.45) is 0 Å². The number of nitrogens with zero attached hydrogens (tertiary/aromatic N) is 3. The van der Waals surface area contributed by atoms with E-state index in [0.717, 1.165) is 5.69 Å². The molecule has 0 atom stereocenters. The lowest BCUT2D eigenvalue weighted by Gasteiger charge is -2.19. The molecule has 0 spiro atoms. The van der Waals surface area contributed by atoms with Gasteiger partial charge in [0.15, 0.2) is 5.82 Å². The highest BCUT2D eigenvalue weighted by molar-refractivity contribution is 5.89. The Labute approximate surface area is 110 Å². The molecule has 0 bridgehead atoms. The number of hydrogen-bond acceptors (Lipinski definition) is 5. The fourth-order valence-corrected chi connectivity index (χ4v) is 1.72. The van der Waals surface area contributed by atoms with Crippen molar-refractivity contribution in [1.82, 2.24) is 9.97 Å². The van der Waals surface area contributed by atoms with Crippen LogP contribution in [0.5, 0.6) is 0 Å². The van der Waals surface area contributed by atoms with Gasteiger partial charge in [0.1, 0.15) is 0 Å². The number of carbonyl (C=O) groups is 1. The van der Waals surface area contributed by atoms with Crippen molar-refractivity contribution in [2.45, 2.75) is 6.54 Å². The van der Waals surface area contributed by atoms with Gasteiger partial charge >= 0.3 is 5.97 Å². The Morgan fingerprint density at radius 2 is 2.21 bits per heavy atom. The van der Waals surface area contributed by atoms with E-state index in [-0.39, 0.29) is 5.56 Å². The smallest absolute Gasteiger partial charge is 0.337 e. The third-order valence-corrected chi connectivity index (χ3v) is 2.63. The molecule has 98 valence electrons. The van der Waals surface area contributed by atoms with Gasteiger partial charge in [0.05, 0.1) is 23.5 Å². The van der Waals surface area contributed by atoms with E-state index in [1.54, 1.807) is 6.20 Å². The van der Waals surface area contributed by atoms with Gasteiger partial charge in [0.25, 0.3) is 0 Å². The molecule has 0 unspecified atom stereocenters. The summed E-state index contributed by atoms with van der Waals surface area (Å²) < 4.78 is 0. The molecule has 0 radical (unpaired) electrons. The first kappa shape index (κ1) is 12.8. The van der Waals surface area contributed by atoms with Crippen LogP contribution in [0.4, 0.5) is 11.5 Å². The number of nitrogen functional groups attached to an aromatic ring is 1. The average Bonchev–Trinajstić information content (AvgIpc) is 2.39. The quantitative estimate of drug-likeness (QED) is 0.861. The Hall–Kier alpha value is -2.63. The van der Waals surface area contributed by atoms with Gasteiger partial charge in [0, 0.05) is 19.4 Å². The van der Waals surface area contributed by atoms with Gasteiger partial charge in [-0.25, -0.2) is 9.78 Å². The molecular formula is C13H14N4O2. The summed E-state index contributed by atoms with van der Waals surface area (Å²) in [6, 6.07) is 7.05. The number of anilines is 2. The third-order valence-electron chi connectivity index (χ3n) is 2.63. The van der Waals surface area contributed by atoms with Crippen LogP contribution < -0.4 is 10.6 Å². The van der Waals surface area contributed by atoms with Gasteiger partial charge in [-0.05, 0) is 18.2 Å². The lowest BCUT2D eigenvalue weighted by Crippen LogP contribution is -2.20. The van der Waals surface area contributed by atoms with Gasteiger partial charge in [0.2, 0.25) is 0 Å². The predicted molar refractivity (Wildman–Crippen MR) is 72.0 cm³/mol. The first-order valence-electron chi connectivity index (χ1n) is 5.68. The lowest BCUT2D eigenvalue weighted by molar-refractivity contribution is 0.0696. The minimum atomic E-state index is -1.04. The highest BCUT2D eigenvalue weighted by atomic mass is 16.4. The van der Waals surface area contributed by atoms with Crippen LogP contribution in [-0.4, -0.2) is 28.1 Å². The zero-order valence-corrected chi connectivity index (χ0v) is 10.4. The molecule has 2 aromatic heterocycles. The largest absolute Gasteiger partial charge is 0.478 e. The molecule has 3 N–H and O–H groups in total. The molecule has 0 saturated carbocycles. The lowest BCUT2D eigenvalue weighted by atomic mass is 10.2. The number of carboxylic acids is 1. The highest BCUT2D eigenvalue weighted by Crippen LogP contribution is 2.21. The predicted octanol–water partition coefficient (Wildman–Crippen LogP) is 1.39. The van der Waals surface area contributed by atoms with Gasteiger partial charge < -0.3 is 15.7 Å². The van der Waals surface area contributed by atoms with Gasteiger partial charge in [-0.15, -0.1) is 0 Å². The number of aromatic carboxylic acids is 1. The normalized spacial score (nSPS) is 10.2. The first-order valence-corrected chi connectivity index (χ1v) is 5.68. The van der Waals surface area contributed by atoms with Crippen molar-refractivity contribution in [2.75, 3.05) is 17.7 Å². The van der Waals surface area contributed by atoms with Crippen LogP contribution in [-0.2, 0) is 6.54 Å². The van der Waals surface area contributed by atoms with Gasteiger partial charge in [-0.3, -0.25) is 4.98 Å². The molecule has 0 aliphatic heterocycles. The van der Waals surface area contributed by atoms with Crippen LogP contribution in [0.15, 0.2) is 36.7 Å².